The van der Waals surface area contributed by atoms with Gasteiger partial charge in [0.25, 0.3) is 0 Å². The maximum atomic E-state index is 3.56. The molecule has 6 heteroatoms. The van der Waals surface area contributed by atoms with Crippen molar-refractivity contribution in [2.24, 2.45) is 0 Å². The molecule has 0 bridgehead atoms. The summed E-state index contributed by atoms with van der Waals surface area (Å²) in [6.07, 6.45) is 0. The molecule has 0 aromatic heterocycles. The number of hydrogen-bond donors (Lipinski definition) is 0. The lowest BCUT2D eigenvalue weighted by Crippen LogP contribution is -1.92. The van der Waals surface area contributed by atoms with Gasteiger partial charge in [-0.1, -0.05) is 15.9 Å². The number of alkyl halides is 1. The molecule has 0 heterocycles. The van der Waals surface area contributed by atoms with E-state index in [-0.39, 0.29) is 4.83 Å². The first-order chi connectivity index (χ1) is 6.37. The van der Waals surface area contributed by atoms with Crippen LogP contribution in [-0.4, -0.2) is 0 Å². The molecule has 1 rings (SSSR count). The number of rotatable bonds is 1. The van der Waals surface area contributed by atoms with E-state index in [4.69, 9.17) is 0 Å². The molecule has 0 saturated heterocycles. The van der Waals surface area contributed by atoms with Gasteiger partial charge < -0.3 is 0 Å². The van der Waals surface area contributed by atoms with Gasteiger partial charge in [-0.3, -0.25) is 0 Å². The number of halogens is 6. The maximum absolute atomic E-state index is 3.56. The van der Waals surface area contributed by atoms with Gasteiger partial charge >= 0.3 is 0 Å². The van der Waals surface area contributed by atoms with Gasteiger partial charge in [-0.25, -0.2) is 0 Å². The molecule has 0 fully saturated rings. The van der Waals surface area contributed by atoms with Gasteiger partial charge in [-0.2, -0.15) is 0 Å². The Labute approximate surface area is 133 Å². The van der Waals surface area contributed by atoms with Crippen LogP contribution in [0.1, 0.15) is 17.3 Å². The highest BCUT2D eigenvalue weighted by Gasteiger charge is 2.19. The van der Waals surface area contributed by atoms with Crippen LogP contribution in [0.25, 0.3) is 0 Å². The number of benzene rings is 1. The van der Waals surface area contributed by atoms with E-state index in [1.807, 2.05) is 0 Å². The van der Waals surface area contributed by atoms with Crippen LogP contribution in [0.4, 0.5) is 0 Å². The summed E-state index contributed by atoms with van der Waals surface area (Å²) in [5.74, 6) is 0. The highest BCUT2D eigenvalue weighted by atomic mass is 79.9. The van der Waals surface area contributed by atoms with Crippen LogP contribution in [0, 0.1) is 0 Å². The predicted molar refractivity (Wildman–Crippen MR) is 82.3 cm³/mol. The lowest BCUT2D eigenvalue weighted by Gasteiger charge is -2.15. The molecule has 0 spiro atoms. The SMILES string of the molecule is CC(Br)c1c(Br)c(Br)c(Br)c(Br)c1Br. The summed E-state index contributed by atoms with van der Waals surface area (Å²) in [5.41, 5.74) is 1.17. The molecular formula is C8H4Br6. The molecule has 0 aliphatic rings. The largest absolute Gasteiger partial charge is 0.0841 e. The lowest BCUT2D eigenvalue weighted by molar-refractivity contribution is 1.09. The summed E-state index contributed by atoms with van der Waals surface area (Å²) in [4.78, 5) is 0.270. The topological polar surface area (TPSA) is 0 Å². The Morgan fingerprint density at radius 2 is 1.00 bits per heavy atom. The molecule has 0 aliphatic heterocycles. The zero-order valence-electron chi connectivity index (χ0n) is 6.85. The lowest BCUT2D eigenvalue weighted by atomic mass is 10.2. The van der Waals surface area contributed by atoms with Crippen molar-refractivity contribution in [1.29, 1.82) is 0 Å². The standard InChI is InChI=1S/C8H4Br6/c1-2(9)3-4(10)6(12)8(14)7(13)5(3)11/h2H,1H3. The van der Waals surface area contributed by atoms with E-state index in [1.54, 1.807) is 0 Å². The Morgan fingerprint density at radius 3 is 1.29 bits per heavy atom. The molecule has 0 nitrogen and oxygen atoms in total. The minimum absolute atomic E-state index is 0.270. The Kier molecular flexibility index (Phi) is 5.69. The normalized spacial score (nSPS) is 13.1. The van der Waals surface area contributed by atoms with E-state index in [0.717, 1.165) is 22.4 Å². The molecular weight excluding hydrogens is 576 g/mol. The fourth-order valence-corrected chi connectivity index (χ4v) is 5.81. The average Bonchev–Trinajstić information content (AvgIpc) is 2.11. The van der Waals surface area contributed by atoms with Gasteiger partial charge in [-0.05, 0) is 92.1 Å². The van der Waals surface area contributed by atoms with E-state index in [9.17, 15) is 0 Å². The van der Waals surface area contributed by atoms with Crippen molar-refractivity contribution in [3.63, 3.8) is 0 Å². The predicted octanol–water partition coefficient (Wildman–Crippen LogP) is 6.96. The molecule has 0 amide bonds. The van der Waals surface area contributed by atoms with Crippen molar-refractivity contribution in [2.45, 2.75) is 11.8 Å². The Balaban J connectivity index is 3.60. The Morgan fingerprint density at radius 1 is 0.714 bits per heavy atom. The van der Waals surface area contributed by atoms with Crippen LogP contribution in [-0.2, 0) is 0 Å². The summed E-state index contributed by atoms with van der Waals surface area (Å²) in [7, 11) is 0. The van der Waals surface area contributed by atoms with Crippen LogP contribution in [0.15, 0.2) is 22.4 Å². The Hall–Kier alpha value is 2.10. The second kappa shape index (κ2) is 5.63. The molecule has 14 heavy (non-hydrogen) atoms. The number of hydrogen-bond acceptors (Lipinski definition) is 0. The van der Waals surface area contributed by atoms with Crippen molar-refractivity contribution < 1.29 is 0 Å². The van der Waals surface area contributed by atoms with Gasteiger partial charge in [-0.15, -0.1) is 0 Å². The maximum Gasteiger partial charge on any atom is 0.0482 e. The fourth-order valence-electron chi connectivity index (χ4n) is 0.971. The van der Waals surface area contributed by atoms with Crippen LogP contribution in [0.2, 0.25) is 0 Å². The minimum Gasteiger partial charge on any atom is -0.0841 e. The molecule has 0 N–H and O–H groups in total. The fraction of sp³-hybridized carbons (Fsp3) is 0.250. The highest BCUT2D eigenvalue weighted by molar-refractivity contribution is 9.15. The zero-order valence-corrected chi connectivity index (χ0v) is 16.4. The van der Waals surface area contributed by atoms with Crippen molar-refractivity contribution in [1.82, 2.24) is 0 Å². The zero-order chi connectivity index (χ0) is 11.0. The van der Waals surface area contributed by atoms with Crippen LogP contribution in [0.3, 0.4) is 0 Å². The summed E-state index contributed by atoms with van der Waals surface area (Å²) in [6, 6.07) is 0. The third-order valence-electron chi connectivity index (χ3n) is 1.64. The van der Waals surface area contributed by atoms with Crippen molar-refractivity contribution in [3.05, 3.63) is 27.9 Å². The second-order valence-corrected chi connectivity index (χ2v) is 7.94. The van der Waals surface area contributed by atoms with Crippen molar-refractivity contribution in [3.8, 4) is 0 Å². The first kappa shape index (κ1) is 14.2. The first-order valence-corrected chi connectivity index (χ1v) is 8.41. The summed E-state index contributed by atoms with van der Waals surface area (Å²) in [6.45, 7) is 2.08. The smallest absolute Gasteiger partial charge is 0.0482 e. The molecule has 0 radical (unpaired) electrons. The average molecular weight is 580 g/mol. The molecule has 1 aromatic rings. The van der Waals surface area contributed by atoms with Crippen LogP contribution < -0.4 is 0 Å². The summed E-state index contributed by atoms with van der Waals surface area (Å²) >= 11 is 21.2. The van der Waals surface area contributed by atoms with E-state index in [0.29, 0.717) is 0 Å². The van der Waals surface area contributed by atoms with Gasteiger partial charge in [0, 0.05) is 27.2 Å². The van der Waals surface area contributed by atoms with Gasteiger partial charge in [0.2, 0.25) is 0 Å². The quantitative estimate of drug-likeness (QED) is 0.192. The Bertz CT molecular complexity index is 342. The minimum atomic E-state index is 0.270. The summed E-state index contributed by atoms with van der Waals surface area (Å²) < 4.78 is 5.10. The van der Waals surface area contributed by atoms with E-state index in [1.165, 1.54) is 5.56 Å². The molecule has 0 aliphatic carbocycles. The highest BCUT2D eigenvalue weighted by Crippen LogP contribution is 2.47. The second-order valence-electron chi connectivity index (χ2n) is 2.60. The van der Waals surface area contributed by atoms with E-state index >= 15 is 0 Å². The van der Waals surface area contributed by atoms with Gasteiger partial charge in [0.05, 0.1) is 0 Å². The third kappa shape index (κ3) is 2.67. The molecule has 78 valence electrons. The van der Waals surface area contributed by atoms with Gasteiger partial charge in [0.15, 0.2) is 0 Å². The van der Waals surface area contributed by atoms with E-state index in [2.05, 4.69) is 103 Å². The molecule has 0 saturated carbocycles. The summed E-state index contributed by atoms with van der Waals surface area (Å²) in [5, 5.41) is 0. The molecule has 1 unspecified atom stereocenters. The van der Waals surface area contributed by atoms with Crippen molar-refractivity contribution in [2.75, 3.05) is 0 Å². The van der Waals surface area contributed by atoms with Crippen LogP contribution in [0.5, 0.6) is 0 Å². The van der Waals surface area contributed by atoms with Gasteiger partial charge in [0.1, 0.15) is 0 Å². The van der Waals surface area contributed by atoms with Crippen LogP contribution >= 0.6 is 95.6 Å². The molecule has 1 atom stereocenters. The van der Waals surface area contributed by atoms with E-state index < -0.39 is 0 Å². The van der Waals surface area contributed by atoms with Crippen molar-refractivity contribution >= 4 is 95.6 Å². The first-order valence-electron chi connectivity index (χ1n) is 3.53. The monoisotopic (exact) mass is 574 g/mol. The third-order valence-corrected chi connectivity index (χ3v) is 8.25. The molecule has 1 aromatic carbocycles.